The zero-order chi connectivity index (χ0) is 14.1. The summed E-state index contributed by atoms with van der Waals surface area (Å²) in [7, 11) is 0. The van der Waals surface area contributed by atoms with Crippen molar-refractivity contribution in [2.45, 2.75) is 33.9 Å². The monoisotopic (exact) mass is 268 g/mol. The van der Waals surface area contributed by atoms with Crippen LogP contribution in [0.1, 0.15) is 23.9 Å². The van der Waals surface area contributed by atoms with Crippen LogP contribution < -0.4 is 5.32 Å². The lowest BCUT2D eigenvalue weighted by Gasteiger charge is -2.09. The highest BCUT2D eigenvalue weighted by molar-refractivity contribution is 5.89. The molecule has 2 aromatic heterocycles. The summed E-state index contributed by atoms with van der Waals surface area (Å²) in [5, 5.41) is 11.8. The molecule has 20 heavy (non-hydrogen) atoms. The first-order valence-corrected chi connectivity index (χ1v) is 7.02. The summed E-state index contributed by atoms with van der Waals surface area (Å²) < 4.78 is 2.34. The first kappa shape index (κ1) is 12.8. The minimum Gasteiger partial charge on any atom is -0.379 e. The van der Waals surface area contributed by atoms with Crippen molar-refractivity contribution in [3.05, 3.63) is 47.4 Å². The van der Waals surface area contributed by atoms with Gasteiger partial charge in [-0.3, -0.25) is 5.10 Å². The first-order valence-electron chi connectivity index (χ1n) is 7.02. The molecule has 0 fully saturated rings. The Kier molecular flexibility index (Phi) is 3.22. The number of aromatic amines is 1. The average Bonchev–Trinajstić information content (AvgIpc) is 3.01. The topological polar surface area (TPSA) is 45.6 Å². The number of rotatable bonds is 4. The summed E-state index contributed by atoms with van der Waals surface area (Å²) in [4.78, 5) is 0. The Balaban J connectivity index is 1.85. The van der Waals surface area contributed by atoms with Crippen molar-refractivity contribution in [3.63, 3.8) is 0 Å². The average molecular weight is 268 g/mol. The van der Waals surface area contributed by atoms with E-state index >= 15 is 0 Å². The molecule has 0 aliphatic heterocycles. The molecule has 0 radical (unpaired) electrons. The summed E-state index contributed by atoms with van der Waals surface area (Å²) in [6.45, 7) is 8.38. The number of nitrogens with zero attached hydrogens (tertiary/aromatic N) is 2. The van der Waals surface area contributed by atoms with E-state index in [1.54, 1.807) is 0 Å². The second-order valence-electron chi connectivity index (χ2n) is 5.13. The number of anilines is 1. The Morgan fingerprint density at radius 3 is 2.90 bits per heavy atom. The summed E-state index contributed by atoms with van der Waals surface area (Å²) in [6, 6.07) is 8.46. The van der Waals surface area contributed by atoms with Gasteiger partial charge in [0.2, 0.25) is 0 Å². The van der Waals surface area contributed by atoms with Crippen LogP contribution in [-0.2, 0) is 13.1 Å². The van der Waals surface area contributed by atoms with Gasteiger partial charge in [-0.1, -0.05) is 12.1 Å². The number of hydrogen-bond donors (Lipinski definition) is 2. The van der Waals surface area contributed by atoms with E-state index in [0.29, 0.717) is 0 Å². The van der Waals surface area contributed by atoms with Gasteiger partial charge in [-0.2, -0.15) is 5.10 Å². The van der Waals surface area contributed by atoms with Crippen LogP contribution in [0.15, 0.2) is 30.5 Å². The fourth-order valence-corrected chi connectivity index (χ4v) is 2.84. The van der Waals surface area contributed by atoms with Gasteiger partial charge in [-0.25, -0.2) is 0 Å². The Labute approximate surface area is 118 Å². The molecule has 1 aromatic carbocycles. The molecule has 0 aliphatic rings. The third kappa shape index (κ3) is 2.07. The second kappa shape index (κ2) is 5.04. The number of aromatic nitrogens is 3. The maximum Gasteiger partial charge on any atom is 0.0881 e. The number of nitrogens with one attached hydrogen (secondary N) is 2. The molecule has 0 atom stereocenters. The maximum atomic E-state index is 4.10. The highest BCUT2D eigenvalue weighted by atomic mass is 15.1. The number of fused-ring (bicyclic) bond motifs is 1. The van der Waals surface area contributed by atoms with Gasteiger partial charge in [0.1, 0.15) is 0 Å². The Hall–Kier alpha value is -2.23. The van der Waals surface area contributed by atoms with Crippen LogP contribution in [0.25, 0.3) is 10.9 Å². The fourth-order valence-electron chi connectivity index (χ4n) is 2.84. The number of H-pyrrole nitrogens is 1. The molecule has 0 spiro atoms. The molecule has 0 saturated carbocycles. The Bertz CT molecular complexity index is 736. The van der Waals surface area contributed by atoms with Gasteiger partial charge in [-0.05, 0) is 38.5 Å². The Morgan fingerprint density at radius 1 is 1.30 bits per heavy atom. The van der Waals surface area contributed by atoms with Crippen LogP contribution in [0.2, 0.25) is 0 Å². The molecule has 0 amide bonds. The molecule has 104 valence electrons. The van der Waals surface area contributed by atoms with Gasteiger partial charge in [-0.15, -0.1) is 0 Å². The third-order valence-electron chi connectivity index (χ3n) is 3.94. The van der Waals surface area contributed by atoms with Crippen LogP contribution in [0.5, 0.6) is 0 Å². The highest BCUT2D eigenvalue weighted by Gasteiger charge is 2.08. The number of para-hydroxylation sites is 1. The van der Waals surface area contributed by atoms with Gasteiger partial charge in [0.05, 0.1) is 17.4 Å². The molecule has 4 nitrogen and oxygen atoms in total. The van der Waals surface area contributed by atoms with Crippen molar-refractivity contribution in [2.75, 3.05) is 5.32 Å². The summed E-state index contributed by atoms with van der Waals surface area (Å²) in [5.41, 5.74) is 6.18. The van der Waals surface area contributed by atoms with Crippen molar-refractivity contribution in [1.29, 1.82) is 0 Å². The molecule has 0 aliphatic carbocycles. The van der Waals surface area contributed by atoms with E-state index in [9.17, 15) is 0 Å². The predicted octanol–water partition coefficient (Wildman–Crippen LogP) is 3.61. The smallest absolute Gasteiger partial charge is 0.0881 e. The quantitative estimate of drug-likeness (QED) is 0.759. The Morgan fingerprint density at radius 2 is 2.15 bits per heavy atom. The van der Waals surface area contributed by atoms with Gasteiger partial charge in [0.25, 0.3) is 0 Å². The first-order chi connectivity index (χ1) is 9.70. The van der Waals surface area contributed by atoms with Crippen LogP contribution >= 0.6 is 0 Å². The summed E-state index contributed by atoms with van der Waals surface area (Å²) in [5.74, 6) is 0. The molecule has 3 rings (SSSR count). The zero-order valence-corrected chi connectivity index (χ0v) is 12.2. The van der Waals surface area contributed by atoms with Crippen molar-refractivity contribution in [3.8, 4) is 0 Å². The minimum atomic E-state index is 0.831. The van der Waals surface area contributed by atoms with Crippen LogP contribution in [-0.4, -0.2) is 14.8 Å². The van der Waals surface area contributed by atoms with E-state index in [1.165, 1.54) is 17.0 Å². The lowest BCUT2D eigenvalue weighted by atomic mass is 10.2. The summed E-state index contributed by atoms with van der Waals surface area (Å²) in [6.07, 6.45) is 1.85. The largest absolute Gasteiger partial charge is 0.379 e. The van der Waals surface area contributed by atoms with E-state index in [-0.39, 0.29) is 0 Å². The van der Waals surface area contributed by atoms with Crippen LogP contribution in [0, 0.1) is 13.8 Å². The van der Waals surface area contributed by atoms with Gasteiger partial charge in [0.15, 0.2) is 0 Å². The summed E-state index contributed by atoms with van der Waals surface area (Å²) >= 11 is 0. The molecule has 4 heteroatoms. The molecule has 3 aromatic rings. The maximum absolute atomic E-state index is 4.10. The third-order valence-corrected chi connectivity index (χ3v) is 3.94. The number of benzene rings is 1. The van der Waals surface area contributed by atoms with Crippen molar-refractivity contribution >= 4 is 16.6 Å². The fraction of sp³-hybridized carbons (Fsp3) is 0.312. The van der Waals surface area contributed by atoms with Crippen LogP contribution in [0.4, 0.5) is 5.69 Å². The van der Waals surface area contributed by atoms with E-state index in [2.05, 4.69) is 65.1 Å². The molecule has 0 saturated heterocycles. The molecule has 2 N–H and O–H groups in total. The van der Waals surface area contributed by atoms with Crippen molar-refractivity contribution in [2.24, 2.45) is 0 Å². The van der Waals surface area contributed by atoms with E-state index in [0.717, 1.165) is 29.7 Å². The molecule has 0 unspecified atom stereocenters. The van der Waals surface area contributed by atoms with E-state index in [1.807, 2.05) is 6.20 Å². The van der Waals surface area contributed by atoms with Gasteiger partial charge >= 0.3 is 0 Å². The van der Waals surface area contributed by atoms with Gasteiger partial charge < -0.3 is 9.88 Å². The molecule has 0 bridgehead atoms. The zero-order valence-electron chi connectivity index (χ0n) is 12.2. The molecular weight excluding hydrogens is 248 g/mol. The number of hydrogen-bond acceptors (Lipinski definition) is 2. The minimum absolute atomic E-state index is 0.831. The lowest BCUT2D eigenvalue weighted by molar-refractivity contribution is 0.715. The molecule has 2 heterocycles. The lowest BCUT2D eigenvalue weighted by Crippen LogP contribution is -2.03. The highest BCUT2D eigenvalue weighted by Crippen LogP contribution is 2.22. The van der Waals surface area contributed by atoms with Crippen molar-refractivity contribution < 1.29 is 0 Å². The standard InChI is InChI=1S/C16H20N4/c1-4-20-11(2)8-14(12(20)3)9-17-15-7-5-6-13-10-18-19-16(13)15/h5-8,10,17H,4,9H2,1-3H3,(H,18,19). The van der Waals surface area contributed by atoms with E-state index < -0.39 is 0 Å². The van der Waals surface area contributed by atoms with Gasteiger partial charge in [0, 0.05) is 29.9 Å². The number of aryl methyl sites for hydroxylation is 1. The van der Waals surface area contributed by atoms with E-state index in [4.69, 9.17) is 0 Å². The van der Waals surface area contributed by atoms with Crippen molar-refractivity contribution in [1.82, 2.24) is 14.8 Å². The van der Waals surface area contributed by atoms with Crippen LogP contribution in [0.3, 0.4) is 0 Å². The second-order valence-corrected chi connectivity index (χ2v) is 5.13. The normalized spacial score (nSPS) is 11.2. The molecular formula is C16H20N4. The SMILES string of the molecule is CCn1c(C)cc(CNc2cccc3cn[nH]c23)c1C. The predicted molar refractivity (Wildman–Crippen MR) is 83.0 cm³/mol.